The van der Waals surface area contributed by atoms with Gasteiger partial charge in [0.2, 0.25) is 0 Å². The van der Waals surface area contributed by atoms with Crippen molar-refractivity contribution in [3.63, 3.8) is 0 Å². The first kappa shape index (κ1) is 12.6. The maximum Gasteiger partial charge on any atom is 0.251 e. The van der Waals surface area contributed by atoms with Crippen LogP contribution in [0.15, 0.2) is 16.0 Å². The Morgan fingerprint density at radius 2 is 2.41 bits per heavy atom. The Morgan fingerprint density at radius 1 is 1.65 bits per heavy atom. The third kappa shape index (κ3) is 3.85. The lowest BCUT2D eigenvalue weighted by atomic mass is 10.2. The van der Waals surface area contributed by atoms with Gasteiger partial charge in [0.15, 0.2) is 5.16 Å². The van der Waals surface area contributed by atoms with Crippen molar-refractivity contribution in [1.29, 1.82) is 0 Å². The molecule has 0 aliphatic heterocycles. The van der Waals surface area contributed by atoms with E-state index in [1.165, 1.54) is 18.9 Å². The average Bonchev–Trinajstić information content (AvgIpc) is 3.06. The zero-order valence-corrected chi connectivity index (χ0v) is 11.1. The van der Waals surface area contributed by atoms with Crippen molar-refractivity contribution in [3.8, 4) is 0 Å². The van der Waals surface area contributed by atoms with Crippen LogP contribution in [0, 0.1) is 12.8 Å². The highest BCUT2D eigenvalue weighted by molar-refractivity contribution is 7.99. The third-order valence-electron chi connectivity index (χ3n) is 2.90. The first-order valence-corrected chi connectivity index (χ1v) is 7.11. The minimum Gasteiger partial charge on any atom is -0.313 e. The Labute approximate surface area is 106 Å². The molecular formula is C12H19N3OS. The summed E-state index contributed by atoms with van der Waals surface area (Å²) in [6.07, 6.45) is 2.66. The summed E-state index contributed by atoms with van der Waals surface area (Å²) in [5.41, 5.74) is 0.717. The Balaban J connectivity index is 1.93. The van der Waals surface area contributed by atoms with Crippen LogP contribution in [0.4, 0.5) is 0 Å². The maximum atomic E-state index is 11.3. The Hall–Kier alpha value is -0.810. The van der Waals surface area contributed by atoms with Gasteiger partial charge < -0.3 is 10.3 Å². The van der Waals surface area contributed by atoms with Crippen LogP contribution in [0.1, 0.15) is 25.5 Å². The quantitative estimate of drug-likeness (QED) is 0.597. The van der Waals surface area contributed by atoms with Crippen molar-refractivity contribution in [2.75, 3.05) is 12.3 Å². The molecule has 1 aliphatic rings. The van der Waals surface area contributed by atoms with E-state index in [1.54, 1.807) is 11.8 Å². The molecule has 0 aromatic carbocycles. The zero-order valence-electron chi connectivity index (χ0n) is 10.3. The van der Waals surface area contributed by atoms with Gasteiger partial charge in [0.25, 0.3) is 5.56 Å². The fraction of sp³-hybridized carbons (Fsp3) is 0.667. The molecule has 1 aromatic rings. The van der Waals surface area contributed by atoms with E-state index in [0.717, 1.165) is 29.1 Å². The van der Waals surface area contributed by atoms with Crippen molar-refractivity contribution in [2.45, 2.75) is 37.9 Å². The molecule has 1 heterocycles. The lowest BCUT2D eigenvalue weighted by molar-refractivity contribution is 0.519. The highest BCUT2D eigenvalue weighted by atomic mass is 32.2. The van der Waals surface area contributed by atoms with Gasteiger partial charge in [-0.15, -0.1) is 0 Å². The molecule has 1 unspecified atom stereocenters. The molecule has 0 spiro atoms. The van der Waals surface area contributed by atoms with Crippen molar-refractivity contribution < 1.29 is 0 Å². The summed E-state index contributed by atoms with van der Waals surface area (Å²) >= 11 is 1.64. The summed E-state index contributed by atoms with van der Waals surface area (Å²) < 4.78 is 0. The van der Waals surface area contributed by atoms with Gasteiger partial charge in [-0.25, -0.2) is 4.98 Å². The number of hydrogen-bond acceptors (Lipinski definition) is 4. The summed E-state index contributed by atoms with van der Waals surface area (Å²) in [6.45, 7) is 4.98. The third-order valence-corrected chi connectivity index (χ3v) is 3.90. The van der Waals surface area contributed by atoms with Crippen LogP contribution in [-0.2, 0) is 0 Å². The predicted molar refractivity (Wildman–Crippen MR) is 70.5 cm³/mol. The predicted octanol–water partition coefficient (Wildman–Crippen LogP) is 1.56. The Morgan fingerprint density at radius 3 is 3.00 bits per heavy atom. The van der Waals surface area contributed by atoms with E-state index in [1.807, 2.05) is 6.92 Å². The molecule has 0 saturated heterocycles. The number of aryl methyl sites for hydroxylation is 1. The van der Waals surface area contributed by atoms with Crippen LogP contribution >= 0.6 is 11.8 Å². The van der Waals surface area contributed by atoms with E-state index < -0.39 is 0 Å². The highest BCUT2D eigenvalue weighted by Gasteiger charge is 2.30. The molecule has 0 bridgehead atoms. The summed E-state index contributed by atoms with van der Waals surface area (Å²) in [7, 11) is 0. The number of aromatic amines is 1. The monoisotopic (exact) mass is 253 g/mol. The van der Waals surface area contributed by atoms with E-state index in [2.05, 4.69) is 22.2 Å². The molecule has 1 atom stereocenters. The SMILES string of the molecule is CCNC(CSc1nc(C)cc(=O)[nH]1)C1CC1. The Bertz CT molecular complexity index is 428. The van der Waals surface area contributed by atoms with Crippen molar-refractivity contribution >= 4 is 11.8 Å². The summed E-state index contributed by atoms with van der Waals surface area (Å²) in [6, 6.07) is 2.07. The maximum absolute atomic E-state index is 11.3. The fourth-order valence-electron chi connectivity index (χ4n) is 1.91. The Kier molecular flexibility index (Phi) is 4.23. The van der Waals surface area contributed by atoms with Crippen molar-refractivity contribution in [2.24, 2.45) is 5.92 Å². The second-order valence-corrected chi connectivity index (χ2v) is 5.51. The molecule has 4 nitrogen and oxygen atoms in total. The standard InChI is InChI=1S/C12H19N3OS/c1-3-13-10(9-4-5-9)7-17-12-14-8(2)6-11(16)15-12/h6,9-10,13H,3-5,7H2,1-2H3,(H,14,15,16). The molecule has 5 heteroatoms. The molecular weight excluding hydrogens is 234 g/mol. The zero-order chi connectivity index (χ0) is 12.3. The largest absolute Gasteiger partial charge is 0.313 e. The minimum atomic E-state index is -0.0635. The van der Waals surface area contributed by atoms with E-state index in [9.17, 15) is 4.79 Å². The number of nitrogens with one attached hydrogen (secondary N) is 2. The van der Waals surface area contributed by atoms with Crippen molar-refractivity contribution in [1.82, 2.24) is 15.3 Å². The van der Waals surface area contributed by atoms with Crippen LogP contribution in [0.2, 0.25) is 0 Å². The first-order valence-electron chi connectivity index (χ1n) is 6.13. The molecule has 2 rings (SSSR count). The van der Waals surface area contributed by atoms with E-state index in [4.69, 9.17) is 0 Å². The second kappa shape index (κ2) is 5.69. The molecule has 1 aromatic heterocycles. The molecule has 2 N–H and O–H groups in total. The van der Waals surface area contributed by atoms with E-state index in [-0.39, 0.29) is 5.56 Å². The molecule has 1 fully saturated rings. The lowest BCUT2D eigenvalue weighted by Gasteiger charge is -2.16. The van der Waals surface area contributed by atoms with Gasteiger partial charge in [0.1, 0.15) is 0 Å². The number of rotatable bonds is 6. The normalized spacial score (nSPS) is 17.1. The van der Waals surface area contributed by atoms with Crippen LogP contribution in [0.3, 0.4) is 0 Å². The van der Waals surface area contributed by atoms with E-state index in [0.29, 0.717) is 6.04 Å². The number of H-pyrrole nitrogens is 1. The molecule has 0 radical (unpaired) electrons. The van der Waals surface area contributed by atoms with Gasteiger partial charge in [-0.2, -0.15) is 0 Å². The smallest absolute Gasteiger partial charge is 0.251 e. The number of thioether (sulfide) groups is 1. The summed E-state index contributed by atoms with van der Waals surface area (Å²) in [5.74, 6) is 1.80. The van der Waals surface area contributed by atoms with Gasteiger partial charge in [-0.1, -0.05) is 18.7 Å². The molecule has 17 heavy (non-hydrogen) atoms. The average molecular weight is 253 g/mol. The second-order valence-electron chi connectivity index (χ2n) is 4.50. The lowest BCUT2D eigenvalue weighted by Crippen LogP contribution is -2.33. The van der Waals surface area contributed by atoms with Gasteiger partial charge in [0, 0.05) is 23.6 Å². The van der Waals surface area contributed by atoms with Crippen LogP contribution in [0.25, 0.3) is 0 Å². The summed E-state index contributed by atoms with van der Waals surface area (Å²) in [5, 5.41) is 4.24. The van der Waals surface area contributed by atoms with Crippen LogP contribution in [-0.4, -0.2) is 28.3 Å². The highest BCUT2D eigenvalue weighted by Crippen LogP contribution is 2.34. The number of hydrogen-bond donors (Lipinski definition) is 2. The van der Waals surface area contributed by atoms with E-state index >= 15 is 0 Å². The molecule has 0 amide bonds. The number of aromatic nitrogens is 2. The fourth-order valence-corrected chi connectivity index (χ4v) is 3.02. The molecule has 1 aliphatic carbocycles. The summed E-state index contributed by atoms with van der Waals surface area (Å²) in [4.78, 5) is 18.4. The van der Waals surface area contributed by atoms with Gasteiger partial charge in [-0.3, -0.25) is 4.79 Å². The molecule has 94 valence electrons. The molecule has 1 saturated carbocycles. The van der Waals surface area contributed by atoms with Gasteiger partial charge >= 0.3 is 0 Å². The van der Waals surface area contributed by atoms with Gasteiger partial charge in [0.05, 0.1) is 0 Å². The number of nitrogens with zero attached hydrogens (tertiary/aromatic N) is 1. The van der Waals surface area contributed by atoms with Gasteiger partial charge in [-0.05, 0) is 32.2 Å². The minimum absolute atomic E-state index is 0.0635. The van der Waals surface area contributed by atoms with Crippen LogP contribution < -0.4 is 10.9 Å². The first-order chi connectivity index (χ1) is 8.19. The topological polar surface area (TPSA) is 57.8 Å². The van der Waals surface area contributed by atoms with Crippen LogP contribution in [0.5, 0.6) is 0 Å². The van der Waals surface area contributed by atoms with Crippen molar-refractivity contribution in [3.05, 3.63) is 22.1 Å².